The molecule has 1 saturated carbocycles. The standard InChI is InChI=1S/C21H32N2O3S/c1-27-13-12-19(21(25)26-15-17-10-6-3-7-11-17)23-20(24)18(22)14-16-8-4-2-5-9-16/h3,6-7,10-11,16,18-19H,2,4-5,8-9,12-15,22H2,1H3,(H,23,24)/t18-,19-/m0/s1. The molecule has 1 aromatic rings. The Morgan fingerprint density at radius 2 is 1.93 bits per heavy atom. The molecule has 1 aromatic carbocycles. The molecular formula is C21H32N2O3S. The van der Waals surface area contributed by atoms with Gasteiger partial charge in [-0.25, -0.2) is 4.79 Å². The molecule has 0 saturated heterocycles. The molecule has 0 spiro atoms. The molecule has 1 fully saturated rings. The lowest BCUT2D eigenvalue weighted by molar-refractivity contribution is -0.149. The van der Waals surface area contributed by atoms with Gasteiger partial charge in [0.1, 0.15) is 12.6 Å². The first kappa shape index (κ1) is 21.8. The van der Waals surface area contributed by atoms with E-state index < -0.39 is 18.1 Å². The normalized spacial score (nSPS) is 17.1. The number of amides is 1. The van der Waals surface area contributed by atoms with Crippen molar-refractivity contribution in [1.29, 1.82) is 0 Å². The maximum atomic E-state index is 12.5. The van der Waals surface area contributed by atoms with Gasteiger partial charge in [0.15, 0.2) is 0 Å². The predicted octanol–water partition coefficient (Wildman–Crippen LogP) is 3.27. The lowest BCUT2D eigenvalue weighted by Gasteiger charge is -2.25. The van der Waals surface area contributed by atoms with Crippen LogP contribution < -0.4 is 11.1 Å². The van der Waals surface area contributed by atoms with Crippen LogP contribution in [0.25, 0.3) is 0 Å². The number of carbonyl (C=O) groups excluding carboxylic acids is 2. The topological polar surface area (TPSA) is 81.4 Å². The van der Waals surface area contributed by atoms with E-state index in [1.54, 1.807) is 11.8 Å². The van der Waals surface area contributed by atoms with Crippen LogP contribution in [0.4, 0.5) is 0 Å². The summed E-state index contributed by atoms with van der Waals surface area (Å²) in [4.78, 5) is 25.0. The van der Waals surface area contributed by atoms with Crippen LogP contribution in [-0.4, -0.2) is 36.0 Å². The van der Waals surface area contributed by atoms with E-state index in [4.69, 9.17) is 10.5 Å². The molecule has 0 aliphatic heterocycles. The molecule has 27 heavy (non-hydrogen) atoms. The third kappa shape index (κ3) is 7.93. The highest BCUT2D eigenvalue weighted by Gasteiger charge is 2.26. The van der Waals surface area contributed by atoms with Gasteiger partial charge in [-0.15, -0.1) is 0 Å². The number of esters is 1. The van der Waals surface area contributed by atoms with Gasteiger partial charge in [-0.05, 0) is 36.3 Å². The minimum absolute atomic E-state index is 0.208. The van der Waals surface area contributed by atoms with Crippen LogP contribution in [0.3, 0.4) is 0 Å². The van der Waals surface area contributed by atoms with Crippen LogP contribution in [0.1, 0.15) is 50.5 Å². The highest BCUT2D eigenvalue weighted by atomic mass is 32.2. The van der Waals surface area contributed by atoms with Crippen LogP contribution in [-0.2, 0) is 20.9 Å². The molecule has 1 aliphatic carbocycles. The third-order valence-corrected chi connectivity index (χ3v) is 5.73. The van der Waals surface area contributed by atoms with Gasteiger partial charge in [0, 0.05) is 0 Å². The van der Waals surface area contributed by atoms with E-state index in [0.717, 1.165) is 24.2 Å². The van der Waals surface area contributed by atoms with Crippen LogP contribution in [0.2, 0.25) is 0 Å². The largest absolute Gasteiger partial charge is 0.459 e. The fourth-order valence-electron chi connectivity index (χ4n) is 3.48. The molecule has 2 rings (SSSR count). The third-order valence-electron chi connectivity index (χ3n) is 5.08. The summed E-state index contributed by atoms with van der Waals surface area (Å²) in [7, 11) is 0. The van der Waals surface area contributed by atoms with Crippen LogP contribution >= 0.6 is 11.8 Å². The van der Waals surface area contributed by atoms with Crippen LogP contribution in [0.15, 0.2) is 30.3 Å². The zero-order valence-electron chi connectivity index (χ0n) is 16.2. The number of ether oxygens (including phenoxy) is 1. The Balaban J connectivity index is 1.85. The molecule has 0 heterocycles. The van der Waals surface area contributed by atoms with Crippen molar-refractivity contribution >= 4 is 23.6 Å². The second-order valence-corrected chi connectivity index (χ2v) is 8.27. The summed E-state index contributed by atoms with van der Waals surface area (Å²) in [6, 6.07) is 8.32. The lowest BCUT2D eigenvalue weighted by atomic mass is 9.85. The van der Waals surface area contributed by atoms with Gasteiger partial charge in [-0.3, -0.25) is 4.79 Å². The summed E-state index contributed by atoms with van der Waals surface area (Å²) in [5, 5.41) is 2.83. The number of benzene rings is 1. The first-order chi connectivity index (χ1) is 13.1. The monoisotopic (exact) mass is 392 g/mol. The van der Waals surface area contributed by atoms with E-state index in [2.05, 4.69) is 5.32 Å². The van der Waals surface area contributed by atoms with Crippen molar-refractivity contribution in [2.75, 3.05) is 12.0 Å². The lowest BCUT2D eigenvalue weighted by Crippen LogP contribution is -2.49. The van der Waals surface area contributed by atoms with E-state index in [1.165, 1.54) is 19.3 Å². The average Bonchev–Trinajstić information content (AvgIpc) is 2.70. The zero-order valence-corrected chi connectivity index (χ0v) is 17.0. The minimum Gasteiger partial charge on any atom is -0.459 e. The van der Waals surface area contributed by atoms with Gasteiger partial charge in [-0.2, -0.15) is 11.8 Å². The Bertz CT molecular complexity index is 576. The minimum atomic E-state index is -0.647. The maximum Gasteiger partial charge on any atom is 0.329 e. The Morgan fingerprint density at radius 3 is 2.59 bits per heavy atom. The number of rotatable bonds is 10. The van der Waals surface area contributed by atoms with Crippen molar-refractivity contribution < 1.29 is 14.3 Å². The van der Waals surface area contributed by atoms with Crippen molar-refractivity contribution in [2.24, 2.45) is 11.7 Å². The molecule has 1 amide bonds. The smallest absolute Gasteiger partial charge is 0.329 e. The molecule has 0 radical (unpaired) electrons. The Hall–Kier alpha value is -1.53. The summed E-state index contributed by atoms with van der Waals surface area (Å²) < 4.78 is 5.41. The van der Waals surface area contributed by atoms with Gasteiger partial charge in [0.25, 0.3) is 0 Å². The summed E-state index contributed by atoms with van der Waals surface area (Å²) >= 11 is 1.64. The second-order valence-electron chi connectivity index (χ2n) is 7.28. The molecule has 150 valence electrons. The maximum absolute atomic E-state index is 12.5. The Morgan fingerprint density at radius 1 is 1.22 bits per heavy atom. The number of nitrogens with one attached hydrogen (secondary N) is 1. The molecule has 0 aromatic heterocycles. The highest BCUT2D eigenvalue weighted by molar-refractivity contribution is 7.98. The van der Waals surface area contributed by atoms with Gasteiger partial charge >= 0.3 is 5.97 Å². The van der Waals surface area contributed by atoms with Crippen molar-refractivity contribution in [2.45, 2.75) is 63.6 Å². The first-order valence-electron chi connectivity index (χ1n) is 9.85. The summed E-state index contributed by atoms with van der Waals surface area (Å²) in [5.41, 5.74) is 7.05. The number of carbonyl (C=O) groups is 2. The van der Waals surface area contributed by atoms with Gasteiger partial charge in [0.2, 0.25) is 5.91 Å². The zero-order chi connectivity index (χ0) is 19.5. The molecule has 1 aliphatic rings. The average molecular weight is 393 g/mol. The van der Waals surface area contributed by atoms with Gasteiger partial charge < -0.3 is 15.8 Å². The van der Waals surface area contributed by atoms with Crippen molar-refractivity contribution in [3.05, 3.63) is 35.9 Å². The molecule has 3 N–H and O–H groups in total. The highest BCUT2D eigenvalue weighted by Crippen LogP contribution is 2.27. The van der Waals surface area contributed by atoms with E-state index in [-0.39, 0.29) is 12.5 Å². The van der Waals surface area contributed by atoms with E-state index in [9.17, 15) is 9.59 Å². The van der Waals surface area contributed by atoms with Gasteiger partial charge in [0.05, 0.1) is 6.04 Å². The Labute approximate surface area is 166 Å². The fourth-order valence-corrected chi connectivity index (χ4v) is 3.95. The summed E-state index contributed by atoms with van der Waals surface area (Å²) in [6.07, 6.45) is 9.23. The van der Waals surface area contributed by atoms with Crippen LogP contribution in [0, 0.1) is 5.92 Å². The number of nitrogens with two attached hydrogens (primary N) is 1. The van der Waals surface area contributed by atoms with Crippen molar-refractivity contribution in [3.63, 3.8) is 0 Å². The number of thioether (sulfide) groups is 1. The fraction of sp³-hybridized carbons (Fsp3) is 0.619. The molecular weight excluding hydrogens is 360 g/mol. The van der Waals surface area contributed by atoms with Crippen molar-refractivity contribution in [1.82, 2.24) is 5.32 Å². The first-order valence-corrected chi connectivity index (χ1v) is 11.2. The van der Waals surface area contributed by atoms with E-state index in [0.29, 0.717) is 18.8 Å². The Kier molecular flexibility index (Phi) is 9.70. The van der Waals surface area contributed by atoms with E-state index in [1.807, 2.05) is 36.6 Å². The number of hydrogen-bond donors (Lipinski definition) is 2. The van der Waals surface area contributed by atoms with Crippen LogP contribution in [0.5, 0.6) is 0 Å². The van der Waals surface area contributed by atoms with E-state index >= 15 is 0 Å². The molecule has 0 unspecified atom stereocenters. The summed E-state index contributed by atoms with van der Waals surface area (Å²) in [5.74, 6) is 0.645. The number of hydrogen-bond acceptors (Lipinski definition) is 5. The van der Waals surface area contributed by atoms with Crippen molar-refractivity contribution in [3.8, 4) is 0 Å². The second kappa shape index (κ2) is 12.0. The van der Waals surface area contributed by atoms with Gasteiger partial charge in [-0.1, -0.05) is 62.4 Å². The molecule has 2 atom stereocenters. The molecule has 5 nitrogen and oxygen atoms in total. The SMILES string of the molecule is CSCC[C@H](NC(=O)[C@@H](N)CC1CCCCC1)C(=O)OCc1ccccc1. The quantitative estimate of drug-likeness (QED) is 0.597. The predicted molar refractivity (Wildman–Crippen MR) is 110 cm³/mol. The molecule has 0 bridgehead atoms. The summed E-state index contributed by atoms with van der Waals surface area (Å²) in [6.45, 7) is 0.208. The molecule has 6 heteroatoms.